The number of hydrogen-bond acceptors (Lipinski definition) is 6. The van der Waals surface area contributed by atoms with Crippen LogP contribution in [0.1, 0.15) is 16.4 Å². The Labute approximate surface area is 178 Å². The number of benzene rings is 1. The molecule has 3 aromatic heterocycles. The molecule has 0 unspecified atom stereocenters. The molecule has 0 bridgehead atoms. The zero-order valence-electron chi connectivity index (χ0n) is 14.9. The van der Waals surface area contributed by atoms with Crippen LogP contribution in [0.5, 0.6) is 5.88 Å². The van der Waals surface area contributed by atoms with Gasteiger partial charge in [-0.25, -0.2) is 0 Å². The molecule has 2 N–H and O–H groups in total. The first-order valence-electron chi connectivity index (χ1n) is 8.72. The minimum Gasteiger partial charge on any atom is -0.463 e. The van der Waals surface area contributed by atoms with E-state index in [0.29, 0.717) is 22.9 Å². The first-order valence-corrected chi connectivity index (χ1v) is 10.3. The average molecular weight is 465 g/mol. The van der Waals surface area contributed by atoms with Crippen molar-refractivity contribution in [2.45, 2.75) is 5.92 Å². The monoisotopic (exact) mass is 464 g/mol. The third kappa shape index (κ3) is 2.87. The van der Waals surface area contributed by atoms with Crippen molar-refractivity contribution in [2.24, 2.45) is 5.73 Å². The topological polar surface area (TPSA) is 90.0 Å². The standard InChI is InChI=1S/C21H13BrN4O2S/c22-16-9-8-15(29-16)17-13(11-23)20(24)28-21-18(17)19(14-7-4-10-27-14)25-26(21)12-5-2-1-3-6-12/h1-10,17H,24H2/t17-/m0/s1. The number of thiophene rings is 1. The number of hydrogen-bond donors (Lipinski definition) is 1. The molecular weight excluding hydrogens is 452 g/mol. The second-order valence-electron chi connectivity index (χ2n) is 6.36. The Morgan fingerprint density at radius 2 is 1.97 bits per heavy atom. The van der Waals surface area contributed by atoms with Crippen molar-refractivity contribution in [1.29, 1.82) is 5.26 Å². The summed E-state index contributed by atoms with van der Waals surface area (Å²) in [5.41, 5.74) is 8.72. The predicted molar refractivity (Wildman–Crippen MR) is 113 cm³/mol. The number of nitriles is 1. The lowest BCUT2D eigenvalue weighted by molar-refractivity contribution is 0.367. The Kier molecular flexibility index (Phi) is 4.27. The highest BCUT2D eigenvalue weighted by Gasteiger charge is 2.39. The molecule has 1 atom stereocenters. The number of furan rings is 1. The molecule has 0 saturated heterocycles. The fraction of sp³-hybridized carbons (Fsp3) is 0.0476. The molecule has 1 aliphatic rings. The summed E-state index contributed by atoms with van der Waals surface area (Å²) in [5.74, 6) is 0.752. The molecule has 1 aliphatic heterocycles. The fourth-order valence-corrected chi connectivity index (χ4v) is 4.99. The van der Waals surface area contributed by atoms with Gasteiger partial charge in [-0.2, -0.15) is 15.0 Å². The van der Waals surface area contributed by atoms with Gasteiger partial charge < -0.3 is 14.9 Å². The van der Waals surface area contributed by atoms with Crippen LogP contribution in [-0.4, -0.2) is 9.78 Å². The highest BCUT2D eigenvalue weighted by atomic mass is 79.9. The van der Waals surface area contributed by atoms with Gasteiger partial charge in [-0.3, -0.25) is 0 Å². The van der Waals surface area contributed by atoms with E-state index >= 15 is 0 Å². The molecule has 0 spiro atoms. The summed E-state index contributed by atoms with van der Waals surface area (Å²) < 4.78 is 14.3. The number of aromatic nitrogens is 2. The van der Waals surface area contributed by atoms with E-state index in [9.17, 15) is 5.26 Å². The summed E-state index contributed by atoms with van der Waals surface area (Å²) in [7, 11) is 0. The predicted octanol–water partition coefficient (Wildman–Crippen LogP) is 5.17. The Bertz CT molecular complexity index is 1270. The van der Waals surface area contributed by atoms with Crippen LogP contribution in [0.3, 0.4) is 0 Å². The number of para-hydroxylation sites is 1. The molecule has 4 heterocycles. The lowest BCUT2D eigenvalue weighted by Crippen LogP contribution is -2.21. The molecule has 0 amide bonds. The van der Waals surface area contributed by atoms with Crippen molar-refractivity contribution in [1.82, 2.24) is 9.78 Å². The van der Waals surface area contributed by atoms with E-state index in [-0.39, 0.29) is 5.88 Å². The van der Waals surface area contributed by atoms with E-state index in [2.05, 4.69) is 22.0 Å². The maximum absolute atomic E-state index is 9.85. The van der Waals surface area contributed by atoms with Crippen LogP contribution in [0.25, 0.3) is 17.1 Å². The largest absolute Gasteiger partial charge is 0.463 e. The summed E-state index contributed by atoms with van der Waals surface area (Å²) in [6.45, 7) is 0. The van der Waals surface area contributed by atoms with Crippen LogP contribution in [0.2, 0.25) is 0 Å². The van der Waals surface area contributed by atoms with Crippen LogP contribution < -0.4 is 10.5 Å². The number of halogens is 1. The summed E-state index contributed by atoms with van der Waals surface area (Å²) >= 11 is 5.06. The smallest absolute Gasteiger partial charge is 0.229 e. The highest BCUT2D eigenvalue weighted by molar-refractivity contribution is 9.11. The van der Waals surface area contributed by atoms with Gasteiger partial charge in [-0.15, -0.1) is 11.3 Å². The van der Waals surface area contributed by atoms with Gasteiger partial charge in [0.25, 0.3) is 0 Å². The quantitative estimate of drug-likeness (QED) is 0.451. The lowest BCUT2D eigenvalue weighted by Gasteiger charge is -2.23. The van der Waals surface area contributed by atoms with Crippen molar-refractivity contribution in [3.05, 3.63) is 86.5 Å². The maximum Gasteiger partial charge on any atom is 0.229 e. The van der Waals surface area contributed by atoms with E-state index in [1.54, 1.807) is 28.3 Å². The van der Waals surface area contributed by atoms with E-state index in [1.807, 2.05) is 48.5 Å². The second kappa shape index (κ2) is 6.95. The molecular formula is C21H13BrN4O2S. The zero-order chi connectivity index (χ0) is 20.0. The van der Waals surface area contributed by atoms with Crippen molar-refractivity contribution < 1.29 is 9.15 Å². The Morgan fingerprint density at radius 3 is 2.62 bits per heavy atom. The van der Waals surface area contributed by atoms with Gasteiger partial charge >= 0.3 is 0 Å². The van der Waals surface area contributed by atoms with Crippen molar-refractivity contribution in [3.8, 4) is 29.1 Å². The molecule has 6 nitrogen and oxygen atoms in total. The second-order valence-corrected chi connectivity index (χ2v) is 8.85. The summed E-state index contributed by atoms with van der Waals surface area (Å²) in [6, 6.07) is 19.4. The molecule has 8 heteroatoms. The van der Waals surface area contributed by atoms with Crippen molar-refractivity contribution >= 4 is 27.3 Å². The van der Waals surface area contributed by atoms with Gasteiger partial charge in [0.05, 0.1) is 27.2 Å². The van der Waals surface area contributed by atoms with E-state index in [4.69, 9.17) is 20.0 Å². The maximum atomic E-state index is 9.85. The highest BCUT2D eigenvalue weighted by Crippen LogP contribution is 2.49. The van der Waals surface area contributed by atoms with Crippen LogP contribution in [0, 0.1) is 11.3 Å². The normalized spacial score (nSPS) is 15.7. The third-order valence-electron chi connectivity index (χ3n) is 4.68. The van der Waals surface area contributed by atoms with Crippen molar-refractivity contribution in [3.63, 3.8) is 0 Å². The number of fused-ring (bicyclic) bond motifs is 1. The summed E-state index contributed by atoms with van der Waals surface area (Å²) in [4.78, 5) is 0.960. The lowest BCUT2D eigenvalue weighted by atomic mass is 9.88. The number of allylic oxidation sites excluding steroid dienone is 1. The molecule has 0 radical (unpaired) electrons. The van der Waals surface area contributed by atoms with E-state index in [1.165, 1.54) is 0 Å². The average Bonchev–Trinajstić information content (AvgIpc) is 3.47. The Balaban J connectivity index is 1.83. The van der Waals surface area contributed by atoms with Gasteiger partial charge in [0, 0.05) is 4.88 Å². The zero-order valence-corrected chi connectivity index (χ0v) is 17.3. The van der Waals surface area contributed by atoms with Gasteiger partial charge in [0.15, 0.2) is 5.76 Å². The van der Waals surface area contributed by atoms with E-state index in [0.717, 1.165) is 19.9 Å². The SMILES string of the molecule is N#CC1=C(N)Oc2c(c(-c3ccco3)nn2-c2ccccc2)[C@@H]1c1ccc(Br)s1. The van der Waals surface area contributed by atoms with Gasteiger partial charge in [0.1, 0.15) is 17.3 Å². The van der Waals surface area contributed by atoms with Gasteiger partial charge in [-0.05, 0) is 52.3 Å². The Hall–Kier alpha value is -3.28. The Morgan fingerprint density at radius 1 is 1.14 bits per heavy atom. The van der Waals surface area contributed by atoms with Crippen LogP contribution in [-0.2, 0) is 0 Å². The molecule has 5 rings (SSSR count). The number of rotatable bonds is 3. The first-order chi connectivity index (χ1) is 14.2. The van der Waals surface area contributed by atoms with Gasteiger partial charge in [0.2, 0.25) is 11.8 Å². The molecule has 1 aromatic carbocycles. The van der Waals surface area contributed by atoms with Crippen LogP contribution in [0.15, 0.2) is 80.5 Å². The first kappa shape index (κ1) is 17.8. The molecule has 0 saturated carbocycles. The summed E-state index contributed by atoms with van der Waals surface area (Å²) in [6.07, 6.45) is 1.60. The summed E-state index contributed by atoms with van der Waals surface area (Å²) in [5, 5.41) is 14.6. The molecule has 4 aromatic rings. The van der Waals surface area contributed by atoms with Crippen LogP contribution >= 0.6 is 27.3 Å². The minimum absolute atomic E-state index is 0.0811. The van der Waals surface area contributed by atoms with E-state index < -0.39 is 5.92 Å². The van der Waals surface area contributed by atoms with Crippen LogP contribution in [0.4, 0.5) is 0 Å². The van der Waals surface area contributed by atoms with Crippen molar-refractivity contribution in [2.75, 3.05) is 0 Å². The molecule has 0 aliphatic carbocycles. The minimum atomic E-state index is -0.405. The number of nitrogens with zero attached hydrogens (tertiary/aromatic N) is 3. The third-order valence-corrected chi connectivity index (χ3v) is 6.37. The molecule has 142 valence electrons. The number of nitrogens with two attached hydrogens (primary N) is 1. The molecule has 29 heavy (non-hydrogen) atoms. The molecule has 0 fully saturated rings. The number of ether oxygens (including phenoxy) is 1. The fourth-order valence-electron chi connectivity index (χ4n) is 3.45. The van der Waals surface area contributed by atoms with Gasteiger partial charge in [-0.1, -0.05) is 18.2 Å².